The van der Waals surface area contributed by atoms with E-state index in [-0.39, 0.29) is 43.7 Å². The first-order valence-corrected chi connectivity index (χ1v) is 11.4. The van der Waals surface area contributed by atoms with Gasteiger partial charge in [0.2, 0.25) is 0 Å². The Bertz CT molecular complexity index is 548. The molecule has 7 atom stereocenters. The van der Waals surface area contributed by atoms with Crippen LogP contribution in [0.4, 0.5) is 0 Å². The zero-order valence-corrected chi connectivity index (χ0v) is 18.6. The lowest BCUT2D eigenvalue weighted by molar-refractivity contribution is -0.128. The maximum Gasteiger partial charge on any atom is 0.472 e. The molecule has 9 nitrogen and oxygen atoms in total. The molecule has 2 rings (SSSR count). The molecule has 2 aliphatic heterocycles. The standard InChI is InChI=1S/C18H36NO8P/c1-11(2)22-10-18(19)17(8-14(6)26-18)27-28(20,21)23-9-16-15(24-12(3)4)7-13(5)25-16/h11-17H,7-10,19H2,1-6H3,(H,20,21)/t13-,14-,15?,16+,17+,18+/m0/s1. The third-order valence-electron chi connectivity index (χ3n) is 4.65. The fourth-order valence-corrected chi connectivity index (χ4v) is 4.46. The van der Waals surface area contributed by atoms with Gasteiger partial charge in [-0.2, -0.15) is 0 Å². The number of phosphoric acid groups is 1. The zero-order chi connectivity index (χ0) is 21.1. The Labute approximate surface area is 167 Å². The molecular weight excluding hydrogens is 389 g/mol. The van der Waals surface area contributed by atoms with Gasteiger partial charge in [0.25, 0.3) is 0 Å². The van der Waals surface area contributed by atoms with Crippen molar-refractivity contribution in [2.75, 3.05) is 13.2 Å². The molecule has 0 amide bonds. The third kappa shape index (κ3) is 7.00. The van der Waals surface area contributed by atoms with Gasteiger partial charge in [0.05, 0.1) is 43.7 Å². The molecule has 0 aliphatic carbocycles. The lowest BCUT2D eigenvalue weighted by Crippen LogP contribution is -2.53. The Morgan fingerprint density at radius 3 is 2.46 bits per heavy atom. The number of phosphoric ester groups is 1. The fraction of sp³-hybridized carbons (Fsp3) is 1.00. The van der Waals surface area contributed by atoms with E-state index in [4.69, 9.17) is 33.7 Å². The summed E-state index contributed by atoms with van der Waals surface area (Å²) < 4.78 is 46.0. The predicted octanol–water partition coefficient (Wildman–Crippen LogP) is 2.35. The minimum atomic E-state index is -4.38. The summed E-state index contributed by atoms with van der Waals surface area (Å²) in [5, 5.41) is 0. The maximum absolute atomic E-state index is 12.5. The van der Waals surface area contributed by atoms with E-state index in [0.717, 1.165) is 0 Å². The number of rotatable bonds is 10. The summed E-state index contributed by atoms with van der Waals surface area (Å²) in [6.07, 6.45) is -0.671. The summed E-state index contributed by atoms with van der Waals surface area (Å²) in [5.74, 6) is 0. The SMILES string of the molecule is CC(C)OC[C@@]1(N)O[C@@H](C)C[C@H]1OP(=O)(O)OC[C@H]1O[C@@H](C)CC1OC(C)C. The summed E-state index contributed by atoms with van der Waals surface area (Å²) in [6, 6.07) is 0. The second-order valence-corrected chi connectivity index (χ2v) is 9.69. The molecule has 0 aromatic rings. The van der Waals surface area contributed by atoms with Gasteiger partial charge in [-0.25, -0.2) is 4.57 Å². The molecular formula is C18H36NO8P. The Morgan fingerprint density at radius 2 is 1.86 bits per heavy atom. The quantitative estimate of drug-likeness (QED) is 0.508. The second kappa shape index (κ2) is 9.81. The normalized spacial score (nSPS) is 38.4. The van der Waals surface area contributed by atoms with E-state index >= 15 is 0 Å². The average Bonchev–Trinajstić information content (AvgIpc) is 3.02. The topological polar surface area (TPSA) is 119 Å². The van der Waals surface area contributed by atoms with Crippen molar-refractivity contribution in [1.82, 2.24) is 0 Å². The van der Waals surface area contributed by atoms with Crippen molar-refractivity contribution in [3.05, 3.63) is 0 Å². The van der Waals surface area contributed by atoms with Gasteiger partial charge < -0.3 is 23.8 Å². The van der Waals surface area contributed by atoms with Crippen molar-refractivity contribution in [2.45, 2.75) is 103 Å². The van der Waals surface area contributed by atoms with Crippen molar-refractivity contribution in [3.63, 3.8) is 0 Å². The molecule has 10 heteroatoms. The van der Waals surface area contributed by atoms with Gasteiger partial charge in [0.15, 0.2) is 5.72 Å². The molecule has 2 aliphatic rings. The highest BCUT2D eigenvalue weighted by molar-refractivity contribution is 7.47. The molecule has 2 heterocycles. The van der Waals surface area contributed by atoms with Crippen LogP contribution >= 0.6 is 7.82 Å². The molecule has 0 radical (unpaired) electrons. The maximum atomic E-state index is 12.5. The van der Waals surface area contributed by atoms with E-state index in [0.29, 0.717) is 12.8 Å². The van der Waals surface area contributed by atoms with Crippen LogP contribution in [0.2, 0.25) is 0 Å². The zero-order valence-electron chi connectivity index (χ0n) is 17.7. The Balaban J connectivity index is 1.93. The molecule has 2 unspecified atom stereocenters. The number of ether oxygens (including phenoxy) is 4. The first-order chi connectivity index (χ1) is 12.9. The largest absolute Gasteiger partial charge is 0.472 e. The molecule has 0 saturated carbocycles. The highest BCUT2D eigenvalue weighted by Gasteiger charge is 2.49. The van der Waals surface area contributed by atoms with Crippen LogP contribution in [0.3, 0.4) is 0 Å². The number of nitrogens with two attached hydrogens (primary N) is 1. The van der Waals surface area contributed by atoms with Crippen LogP contribution in [-0.4, -0.2) is 66.6 Å². The van der Waals surface area contributed by atoms with Gasteiger partial charge in [0.1, 0.15) is 12.2 Å². The lowest BCUT2D eigenvalue weighted by atomic mass is 10.1. The highest BCUT2D eigenvalue weighted by Crippen LogP contribution is 2.49. The Hall–Kier alpha value is -0.0900. The molecule has 0 aromatic carbocycles. The van der Waals surface area contributed by atoms with Gasteiger partial charge in [0, 0.05) is 12.8 Å². The van der Waals surface area contributed by atoms with Gasteiger partial charge in [-0.3, -0.25) is 14.8 Å². The van der Waals surface area contributed by atoms with E-state index in [1.54, 1.807) is 0 Å². The minimum Gasteiger partial charge on any atom is -0.374 e. The predicted molar refractivity (Wildman–Crippen MR) is 103 cm³/mol. The van der Waals surface area contributed by atoms with Crippen molar-refractivity contribution in [1.29, 1.82) is 0 Å². The molecule has 0 spiro atoms. The highest BCUT2D eigenvalue weighted by atomic mass is 31.2. The summed E-state index contributed by atoms with van der Waals surface area (Å²) in [6.45, 7) is 11.3. The van der Waals surface area contributed by atoms with Gasteiger partial charge in [-0.15, -0.1) is 0 Å². The lowest BCUT2D eigenvalue weighted by Gasteiger charge is -2.31. The van der Waals surface area contributed by atoms with E-state index in [9.17, 15) is 9.46 Å². The monoisotopic (exact) mass is 425 g/mol. The van der Waals surface area contributed by atoms with Crippen LogP contribution in [0.5, 0.6) is 0 Å². The average molecular weight is 425 g/mol. The van der Waals surface area contributed by atoms with Crippen LogP contribution in [0.1, 0.15) is 54.4 Å². The molecule has 0 bridgehead atoms. The van der Waals surface area contributed by atoms with Crippen molar-refractivity contribution < 1.29 is 37.5 Å². The summed E-state index contributed by atoms with van der Waals surface area (Å²) >= 11 is 0. The summed E-state index contributed by atoms with van der Waals surface area (Å²) in [4.78, 5) is 10.2. The van der Waals surface area contributed by atoms with Crippen LogP contribution in [0.25, 0.3) is 0 Å². The minimum absolute atomic E-state index is 0.00898. The van der Waals surface area contributed by atoms with Gasteiger partial charge >= 0.3 is 7.82 Å². The van der Waals surface area contributed by atoms with Crippen LogP contribution in [0.15, 0.2) is 0 Å². The number of hydrogen-bond acceptors (Lipinski definition) is 8. The second-order valence-electron chi connectivity index (χ2n) is 8.28. The summed E-state index contributed by atoms with van der Waals surface area (Å²) in [5.41, 5.74) is 4.95. The first-order valence-electron chi connectivity index (χ1n) is 9.95. The van der Waals surface area contributed by atoms with Crippen molar-refractivity contribution in [3.8, 4) is 0 Å². The van der Waals surface area contributed by atoms with Gasteiger partial charge in [-0.05, 0) is 41.5 Å². The van der Waals surface area contributed by atoms with E-state index in [1.165, 1.54) is 0 Å². The van der Waals surface area contributed by atoms with Crippen LogP contribution < -0.4 is 5.73 Å². The Morgan fingerprint density at radius 1 is 1.18 bits per heavy atom. The molecule has 2 saturated heterocycles. The molecule has 28 heavy (non-hydrogen) atoms. The fourth-order valence-electron chi connectivity index (χ4n) is 3.47. The smallest absolute Gasteiger partial charge is 0.374 e. The Kier molecular flexibility index (Phi) is 8.47. The number of hydrogen-bond donors (Lipinski definition) is 2. The third-order valence-corrected chi connectivity index (χ3v) is 5.65. The van der Waals surface area contributed by atoms with Crippen LogP contribution in [-0.2, 0) is 32.6 Å². The molecule has 166 valence electrons. The van der Waals surface area contributed by atoms with Crippen LogP contribution in [0, 0.1) is 0 Å². The first kappa shape index (κ1) is 24.2. The molecule has 0 aromatic heterocycles. The van der Waals surface area contributed by atoms with Crippen molar-refractivity contribution in [2.24, 2.45) is 5.73 Å². The van der Waals surface area contributed by atoms with Gasteiger partial charge in [-0.1, -0.05) is 0 Å². The molecule has 3 N–H and O–H groups in total. The van der Waals surface area contributed by atoms with E-state index in [2.05, 4.69) is 0 Å². The summed E-state index contributed by atoms with van der Waals surface area (Å²) in [7, 11) is -4.38. The van der Waals surface area contributed by atoms with E-state index < -0.39 is 25.8 Å². The molecule has 2 fully saturated rings. The van der Waals surface area contributed by atoms with E-state index in [1.807, 2.05) is 41.5 Å². The van der Waals surface area contributed by atoms with Crippen molar-refractivity contribution >= 4 is 7.82 Å².